The van der Waals surface area contributed by atoms with E-state index >= 15 is 0 Å². The first kappa shape index (κ1) is 18.3. The van der Waals surface area contributed by atoms with Crippen LogP contribution < -0.4 is 9.04 Å². The Morgan fingerprint density at radius 1 is 1.19 bits per heavy atom. The van der Waals surface area contributed by atoms with Crippen molar-refractivity contribution in [1.29, 1.82) is 0 Å². The number of amides is 1. The van der Waals surface area contributed by atoms with Crippen LogP contribution >= 0.6 is 0 Å². The van der Waals surface area contributed by atoms with E-state index in [2.05, 4.69) is 0 Å². The summed E-state index contributed by atoms with van der Waals surface area (Å²) in [4.78, 5) is 13.3. The SMILES string of the molecule is Cc1cc(S(=O)(=O)N2CCc3ccccc32)ccc1OCC(=O)N(C)C. The number of rotatable bonds is 5. The Kier molecular flexibility index (Phi) is 4.91. The number of ether oxygens (including phenoxy) is 1. The molecular formula is C19H22N2O4S. The van der Waals surface area contributed by atoms with Crippen LogP contribution in [0.3, 0.4) is 0 Å². The Morgan fingerprint density at radius 2 is 1.92 bits per heavy atom. The summed E-state index contributed by atoms with van der Waals surface area (Å²) in [6.07, 6.45) is 0.711. The molecule has 1 amide bonds. The van der Waals surface area contributed by atoms with E-state index in [0.29, 0.717) is 24.3 Å². The highest BCUT2D eigenvalue weighted by Crippen LogP contribution is 2.33. The fourth-order valence-corrected chi connectivity index (χ4v) is 4.49. The zero-order valence-electron chi connectivity index (χ0n) is 15.1. The summed E-state index contributed by atoms with van der Waals surface area (Å²) in [6.45, 7) is 2.13. The summed E-state index contributed by atoms with van der Waals surface area (Å²) in [5.41, 5.74) is 2.45. The fraction of sp³-hybridized carbons (Fsp3) is 0.316. The Morgan fingerprint density at radius 3 is 2.62 bits per heavy atom. The van der Waals surface area contributed by atoms with Crippen LogP contribution in [0.5, 0.6) is 5.75 Å². The smallest absolute Gasteiger partial charge is 0.264 e. The van der Waals surface area contributed by atoms with Crippen LogP contribution in [0.1, 0.15) is 11.1 Å². The number of aryl methyl sites for hydroxylation is 1. The van der Waals surface area contributed by atoms with Crippen LogP contribution in [0.4, 0.5) is 5.69 Å². The molecule has 0 N–H and O–H groups in total. The van der Waals surface area contributed by atoms with Crippen molar-refractivity contribution >= 4 is 21.6 Å². The second-order valence-corrected chi connectivity index (χ2v) is 8.32. The van der Waals surface area contributed by atoms with Crippen LogP contribution in [0.15, 0.2) is 47.4 Å². The molecule has 0 saturated heterocycles. The number of carbonyl (C=O) groups is 1. The number of hydrogen-bond acceptors (Lipinski definition) is 4. The number of anilines is 1. The molecule has 0 unspecified atom stereocenters. The molecule has 2 aromatic carbocycles. The zero-order chi connectivity index (χ0) is 18.9. The highest BCUT2D eigenvalue weighted by Gasteiger charge is 2.30. The van der Waals surface area contributed by atoms with Crippen LogP contribution in [0.25, 0.3) is 0 Å². The van der Waals surface area contributed by atoms with Crippen molar-refractivity contribution in [1.82, 2.24) is 4.90 Å². The predicted molar refractivity (Wildman–Crippen MR) is 100 cm³/mol. The van der Waals surface area contributed by atoms with Crippen molar-refractivity contribution in [3.05, 3.63) is 53.6 Å². The van der Waals surface area contributed by atoms with E-state index in [1.165, 1.54) is 15.3 Å². The number of carbonyl (C=O) groups excluding carboxylic acids is 1. The molecule has 138 valence electrons. The molecule has 0 radical (unpaired) electrons. The molecule has 0 atom stereocenters. The topological polar surface area (TPSA) is 66.9 Å². The number of likely N-dealkylation sites (N-methyl/N-ethyl adjacent to an activating group) is 1. The number of nitrogens with zero attached hydrogens (tertiary/aromatic N) is 2. The minimum Gasteiger partial charge on any atom is -0.483 e. The molecule has 3 rings (SSSR count). The van der Waals surface area contributed by atoms with Gasteiger partial charge in [0.05, 0.1) is 10.6 Å². The van der Waals surface area contributed by atoms with E-state index in [1.54, 1.807) is 33.2 Å². The summed E-state index contributed by atoms with van der Waals surface area (Å²) < 4.78 is 33.0. The third-order valence-electron chi connectivity index (χ3n) is 4.43. The molecule has 0 fully saturated rings. The van der Waals surface area contributed by atoms with E-state index < -0.39 is 10.0 Å². The van der Waals surface area contributed by atoms with E-state index in [1.807, 2.05) is 24.3 Å². The molecule has 6 nitrogen and oxygen atoms in total. The molecule has 26 heavy (non-hydrogen) atoms. The molecule has 0 spiro atoms. The van der Waals surface area contributed by atoms with E-state index in [4.69, 9.17) is 4.74 Å². The maximum atomic E-state index is 13.0. The van der Waals surface area contributed by atoms with Crippen LogP contribution in [-0.2, 0) is 21.2 Å². The summed E-state index contributed by atoms with van der Waals surface area (Å²) in [6, 6.07) is 12.3. The molecule has 0 aliphatic carbocycles. The normalized spacial score (nSPS) is 13.4. The summed E-state index contributed by atoms with van der Waals surface area (Å²) in [5, 5.41) is 0. The summed E-state index contributed by atoms with van der Waals surface area (Å²) >= 11 is 0. The molecule has 0 saturated carbocycles. The van der Waals surface area contributed by atoms with Gasteiger partial charge in [-0.15, -0.1) is 0 Å². The molecule has 1 heterocycles. The van der Waals surface area contributed by atoms with Crippen molar-refractivity contribution in [3.8, 4) is 5.75 Å². The van der Waals surface area contributed by atoms with Gasteiger partial charge in [-0.25, -0.2) is 8.42 Å². The molecule has 0 aromatic heterocycles. The fourth-order valence-electron chi connectivity index (χ4n) is 2.90. The highest BCUT2D eigenvalue weighted by molar-refractivity contribution is 7.92. The van der Waals surface area contributed by atoms with Gasteiger partial charge in [0.1, 0.15) is 5.75 Å². The lowest BCUT2D eigenvalue weighted by Crippen LogP contribution is -2.29. The minimum atomic E-state index is -3.63. The van der Waals surface area contributed by atoms with Gasteiger partial charge in [-0.05, 0) is 48.7 Å². The molecule has 1 aliphatic heterocycles. The van der Waals surface area contributed by atoms with Crippen LogP contribution in [0, 0.1) is 6.92 Å². The van der Waals surface area contributed by atoms with E-state index in [0.717, 1.165) is 11.3 Å². The number of sulfonamides is 1. The quantitative estimate of drug-likeness (QED) is 0.805. The van der Waals surface area contributed by atoms with Gasteiger partial charge in [-0.1, -0.05) is 18.2 Å². The average Bonchev–Trinajstić information content (AvgIpc) is 3.05. The molecule has 1 aliphatic rings. The maximum Gasteiger partial charge on any atom is 0.264 e. The number of fused-ring (bicyclic) bond motifs is 1. The first-order valence-corrected chi connectivity index (χ1v) is 9.79. The largest absolute Gasteiger partial charge is 0.483 e. The van der Waals surface area contributed by atoms with Gasteiger partial charge in [0.15, 0.2) is 6.61 Å². The zero-order valence-corrected chi connectivity index (χ0v) is 15.9. The maximum absolute atomic E-state index is 13.0. The van der Waals surface area contributed by atoms with Crippen molar-refractivity contribution in [2.24, 2.45) is 0 Å². The number of benzene rings is 2. The molecule has 7 heteroatoms. The van der Waals surface area contributed by atoms with E-state index in [9.17, 15) is 13.2 Å². The van der Waals surface area contributed by atoms with Crippen molar-refractivity contribution in [2.75, 3.05) is 31.6 Å². The lowest BCUT2D eigenvalue weighted by atomic mass is 10.2. The Bertz CT molecular complexity index is 938. The van der Waals surface area contributed by atoms with Crippen LogP contribution in [-0.4, -0.2) is 46.5 Å². The highest BCUT2D eigenvalue weighted by atomic mass is 32.2. The first-order chi connectivity index (χ1) is 12.3. The monoisotopic (exact) mass is 374 g/mol. The van der Waals surface area contributed by atoms with Gasteiger partial charge in [0, 0.05) is 20.6 Å². The van der Waals surface area contributed by atoms with Gasteiger partial charge >= 0.3 is 0 Å². The summed E-state index contributed by atoms with van der Waals surface area (Å²) in [7, 11) is -0.324. The third kappa shape index (κ3) is 3.39. The Hall–Kier alpha value is -2.54. The van der Waals surface area contributed by atoms with Gasteiger partial charge in [0.25, 0.3) is 15.9 Å². The predicted octanol–water partition coefficient (Wildman–Crippen LogP) is 2.21. The van der Waals surface area contributed by atoms with Crippen molar-refractivity contribution in [3.63, 3.8) is 0 Å². The van der Waals surface area contributed by atoms with Crippen molar-refractivity contribution < 1.29 is 17.9 Å². The van der Waals surface area contributed by atoms with Gasteiger partial charge in [-0.3, -0.25) is 9.10 Å². The first-order valence-electron chi connectivity index (χ1n) is 8.35. The third-order valence-corrected chi connectivity index (χ3v) is 6.24. The van der Waals surface area contributed by atoms with Gasteiger partial charge < -0.3 is 9.64 Å². The lowest BCUT2D eigenvalue weighted by molar-refractivity contribution is -0.130. The van der Waals surface area contributed by atoms with Crippen molar-refractivity contribution in [2.45, 2.75) is 18.2 Å². The Balaban J connectivity index is 1.84. The molecule has 0 bridgehead atoms. The second-order valence-electron chi connectivity index (χ2n) is 6.46. The lowest BCUT2D eigenvalue weighted by Gasteiger charge is -2.20. The minimum absolute atomic E-state index is 0.0839. The van der Waals surface area contributed by atoms with Gasteiger partial charge in [0.2, 0.25) is 0 Å². The molecule has 2 aromatic rings. The van der Waals surface area contributed by atoms with Gasteiger partial charge in [-0.2, -0.15) is 0 Å². The molecular weight excluding hydrogens is 352 g/mol. The number of para-hydroxylation sites is 1. The average molecular weight is 374 g/mol. The standard InChI is InChI=1S/C19H22N2O4S/c1-14-12-16(8-9-18(14)25-13-19(22)20(2)3)26(23,24)21-11-10-15-6-4-5-7-17(15)21/h4-9,12H,10-11,13H2,1-3H3. The van der Waals surface area contributed by atoms with E-state index in [-0.39, 0.29) is 17.4 Å². The Labute approximate surface area is 154 Å². The summed E-state index contributed by atoms with van der Waals surface area (Å²) in [5.74, 6) is 0.343. The van der Waals surface area contributed by atoms with Crippen LogP contribution in [0.2, 0.25) is 0 Å². The second kappa shape index (κ2) is 6.99. The number of hydrogen-bond donors (Lipinski definition) is 0.